The smallest absolute Gasteiger partial charge is 0.307 e. The van der Waals surface area contributed by atoms with Gasteiger partial charge in [-0.1, -0.05) is 43.7 Å². The summed E-state index contributed by atoms with van der Waals surface area (Å²) in [7, 11) is 3.41. The van der Waals surface area contributed by atoms with E-state index >= 15 is 0 Å². The summed E-state index contributed by atoms with van der Waals surface area (Å²) in [6.07, 6.45) is 3.00. The van der Waals surface area contributed by atoms with Crippen molar-refractivity contribution in [1.82, 2.24) is 4.90 Å². The highest BCUT2D eigenvalue weighted by Gasteiger charge is 2.33. The summed E-state index contributed by atoms with van der Waals surface area (Å²) < 4.78 is 17.3. The number of fused-ring (bicyclic) bond motifs is 3. The maximum atomic E-state index is 11.2. The molecule has 0 saturated heterocycles. The lowest BCUT2D eigenvalue weighted by Crippen LogP contribution is -2.29. The zero-order chi connectivity index (χ0) is 27.8. The van der Waals surface area contributed by atoms with Crippen molar-refractivity contribution in [2.45, 2.75) is 45.1 Å². The number of rotatable bonds is 15. The van der Waals surface area contributed by atoms with Crippen molar-refractivity contribution >= 4 is 11.7 Å². The lowest BCUT2D eigenvalue weighted by atomic mass is 9.92. The summed E-state index contributed by atoms with van der Waals surface area (Å²) in [5.41, 5.74) is 13.5. The molecule has 39 heavy (non-hydrogen) atoms. The second-order valence-corrected chi connectivity index (χ2v) is 10.1. The number of carboxylic acid groups (broad SMARTS) is 1. The number of carbonyl (C=O) groups is 1. The largest absolute Gasteiger partial charge is 0.496 e. The molecule has 1 atom stereocenters. The minimum Gasteiger partial charge on any atom is -0.496 e. The van der Waals surface area contributed by atoms with Gasteiger partial charge >= 0.3 is 5.97 Å². The standard InChI is InChI=1S/C32H40N2O5/c1-4-5-14-39-25-9-10-26-28(20-25)27(32-29(26)18-24(33)19-30(32)38-3)11-12-34(13-15-37-2)21-23-8-6-7-22(16-23)17-31(35)36/h6-10,16,18-20,27H,4-5,11-15,17,21,33H2,1-3H3,(H,35,36). The molecular weight excluding hydrogens is 492 g/mol. The monoisotopic (exact) mass is 532 g/mol. The number of aliphatic carboxylic acids is 1. The van der Waals surface area contributed by atoms with Crippen molar-refractivity contribution in [3.05, 3.63) is 76.9 Å². The van der Waals surface area contributed by atoms with Crippen LogP contribution < -0.4 is 15.2 Å². The summed E-state index contributed by atoms with van der Waals surface area (Å²) in [5.74, 6) is 1.00. The van der Waals surface area contributed by atoms with Gasteiger partial charge in [0, 0.05) is 43.4 Å². The highest BCUT2D eigenvalue weighted by Crippen LogP contribution is 2.52. The first kappa shape index (κ1) is 28.5. The van der Waals surface area contributed by atoms with E-state index in [4.69, 9.17) is 19.9 Å². The van der Waals surface area contributed by atoms with Gasteiger partial charge in [0.25, 0.3) is 0 Å². The van der Waals surface area contributed by atoms with Crippen LogP contribution >= 0.6 is 0 Å². The van der Waals surface area contributed by atoms with Crippen LogP contribution in [0.5, 0.6) is 11.5 Å². The van der Waals surface area contributed by atoms with Crippen LogP contribution in [-0.4, -0.2) is 56.5 Å². The molecule has 3 N–H and O–H groups in total. The molecular formula is C32H40N2O5. The number of ether oxygens (including phenoxy) is 3. The molecule has 0 saturated carbocycles. The van der Waals surface area contributed by atoms with Crippen LogP contribution in [0.3, 0.4) is 0 Å². The van der Waals surface area contributed by atoms with Gasteiger partial charge in [0.2, 0.25) is 0 Å². The first-order valence-electron chi connectivity index (χ1n) is 13.7. The average Bonchev–Trinajstić information content (AvgIpc) is 3.22. The van der Waals surface area contributed by atoms with Crippen molar-refractivity contribution in [1.29, 1.82) is 0 Å². The molecule has 0 aliphatic heterocycles. The number of carboxylic acids is 1. The summed E-state index contributed by atoms with van der Waals surface area (Å²) in [5, 5.41) is 9.21. The maximum absolute atomic E-state index is 11.2. The number of unbranched alkanes of at least 4 members (excludes halogenated alkanes) is 1. The molecule has 1 aliphatic carbocycles. The molecule has 4 rings (SSSR count). The molecule has 3 aromatic rings. The van der Waals surface area contributed by atoms with Gasteiger partial charge in [-0.05, 0) is 65.4 Å². The van der Waals surface area contributed by atoms with Crippen LogP contribution in [0.4, 0.5) is 5.69 Å². The first-order valence-corrected chi connectivity index (χ1v) is 13.7. The Hall–Kier alpha value is -3.55. The molecule has 0 radical (unpaired) electrons. The summed E-state index contributed by atoms with van der Waals surface area (Å²) >= 11 is 0. The molecule has 0 heterocycles. The molecule has 7 nitrogen and oxygen atoms in total. The SMILES string of the molecule is CCCCOc1ccc2c(c1)C(CCN(CCOC)Cc1cccc(CC(=O)O)c1)c1c(OC)cc(N)cc1-2. The summed E-state index contributed by atoms with van der Waals surface area (Å²) in [6, 6.07) is 18.2. The fraction of sp³-hybridized carbons (Fsp3) is 0.406. The molecule has 0 amide bonds. The molecule has 208 valence electrons. The number of nitrogens with zero attached hydrogens (tertiary/aromatic N) is 1. The number of hydrogen-bond acceptors (Lipinski definition) is 6. The third-order valence-electron chi connectivity index (χ3n) is 7.29. The minimum atomic E-state index is -0.824. The number of methoxy groups -OCH3 is 2. The third kappa shape index (κ3) is 7.11. The molecule has 1 aliphatic rings. The fourth-order valence-corrected chi connectivity index (χ4v) is 5.43. The molecule has 0 fully saturated rings. The lowest BCUT2D eigenvalue weighted by molar-refractivity contribution is -0.136. The van der Waals surface area contributed by atoms with Crippen LogP contribution in [0.1, 0.15) is 54.4 Å². The zero-order valence-corrected chi connectivity index (χ0v) is 23.2. The molecule has 0 bridgehead atoms. The Kier molecular flexibility index (Phi) is 9.85. The van der Waals surface area contributed by atoms with Gasteiger partial charge in [-0.15, -0.1) is 0 Å². The average molecular weight is 533 g/mol. The van der Waals surface area contributed by atoms with Gasteiger partial charge in [-0.25, -0.2) is 0 Å². The topological polar surface area (TPSA) is 94.2 Å². The predicted molar refractivity (Wildman–Crippen MR) is 155 cm³/mol. The van der Waals surface area contributed by atoms with Gasteiger partial charge in [0.1, 0.15) is 11.5 Å². The van der Waals surface area contributed by atoms with E-state index in [1.165, 1.54) is 16.7 Å². The fourth-order valence-electron chi connectivity index (χ4n) is 5.43. The van der Waals surface area contributed by atoms with E-state index in [0.717, 1.165) is 60.5 Å². The molecule has 1 unspecified atom stereocenters. The highest BCUT2D eigenvalue weighted by atomic mass is 16.5. The molecule has 3 aromatic carbocycles. The quantitative estimate of drug-likeness (QED) is 0.191. The van der Waals surface area contributed by atoms with E-state index in [9.17, 15) is 9.90 Å². The Balaban J connectivity index is 1.61. The number of benzene rings is 3. The van der Waals surface area contributed by atoms with E-state index in [-0.39, 0.29) is 12.3 Å². The minimum absolute atomic E-state index is 0.0210. The van der Waals surface area contributed by atoms with Gasteiger partial charge < -0.3 is 25.1 Å². The number of nitrogens with two attached hydrogens (primary N) is 1. The van der Waals surface area contributed by atoms with Crippen LogP contribution in [0, 0.1) is 0 Å². The van der Waals surface area contributed by atoms with E-state index < -0.39 is 5.97 Å². The Morgan fingerprint density at radius 2 is 1.82 bits per heavy atom. The van der Waals surface area contributed by atoms with Gasteiger partial charge in [-0.3, -0.25) is 9.69 Å². The van der Waals surface area contributed by atoms with Crippen LogP contribution in [0.25, 0.3) is 11.1 Å². The van der Waals surface area contributed by atoms with Crippen LogP contribution in [0.2, 0.25) is 0 Å². The Bertz CT molecular complexity index is 1280. The number of hydrogen-bond donors (Lipinski definition) is 2. The van der Waals surface area contributed by atoms with E-state index in [2.05, 4.69) is 30.0 Å². The van der Waals surface area contributed by atoms with Gasteiger partial charge in [0.05, 0.1) is 26.7 Å². The second-order valence-electron chi connectivity index (χ2n) is 10.1. The normalized spacial score (nSPS) is 13.8. The van der Waals surface area contributed by atoms with Crippen LogP contribution in [-0.2, 0) is 22.5 Å². The third-order valence-corrected chi connectivity index (χ3v) is 7.29. The van der Waals surface area contributed by atoms with Crippen molar-refractivity contribution in [2.24, 2.45) is 0 Å². The van der Waals surface area contributed by atoms with E-state index in [0.29, 0.717) is 25.4 Å². The van der Waals surface area contributed by atoms with Crippen LogP contribution in [0.15, 0.2) is 54.6 Å². The van der Waals surface area contributed by atoms with Crippen molar-refractivity contribution in [3.63, 3.8) is 0 Å². The molecule has 0 aromatic heterocycles. The highest BCUT2D eigenvalue weighted by molar-refractivity contribution is 5.84. The Morgan fingerprint density at radius 3 is 2.56 bits per heavy atom. The summed E-state index contributed by atoms with van der Waals surface area (Å²) in [4.78, 5) is 13.6. The van der Waals surface area contributed by atoms with E-state index in [1.54, 1.807) is 14.2 Å². The first-order chi connectivity index (χ1) is 18.9. The number of anilines is 1. The van der Waals surface area contributed by atoms with Gasteiger partial charge in [0.15, 0.2) is 0 Å². The van der Waals surface area contributed by atoms with Gasteiger partial charge in [-0.2, -0.15) is 0 Å². The van der Waals surface area contributed by atoms with E-state index in [1.807, 2.05) is 36.4 Å². The molecule has 0 spiro atoms. The predicted octanol–water partition coefficient (Wildman–Crippen LogP) is 5.73. The Morgan fingerprint density at radius 1 is 1.00 bits per heavy atom. The number of nitrogen functional groups attached to an aromatic ring is 1. The zero-order valence-electron chi connectivity index (χ0n) is 23.2. The van der Waals surface area contributed by atoms with Crippen molar-refractivity contribution in [3.8, 4) is 22.6 Å². The Labute approximate surface area is 231 Å². The van der Waals surface area contributed by atoms with Crippen molar-refractivity contribution < 1.29 is 24.1 Å². The molecule has 7 heteroatoms. The maximum Gasteiger partial charge on any atom is 0.307 e. The summed E-state index contributed by atoms with van der Waals surface area (Å²) in [6.45, 7) is 5.78. The second kappa shape index (κ2) is 13.5. The lowest BCUT2D eigenvalue weighted by Gasteiger charge is -2.25. The van der Waals surface area contributed by atoms with Crippen molar-refractivity contribution in [2.75, 3.05) is 46.3 Å².